The number of carbonyl (C=O) groups is 2. The van der Waals surface area contributed by atoms with Gasteiger partial charge in [-0.25, -0.2) is 0 Å². The summed E-state index contributed by atoms with van der Waals surface area (Å²) in [5.41, 5.74) is 1.34. The minimum Gasteiger partial charge on any atom is -0.481 e. The Balaban J connectivity index is 2.12. The van der Waals surface area contributed by atoms with Gasteiger partial charge in [0, 0.05) is 12.1 Å². The molecule has 1 aromatic rings. The van der Waals surface area contributed by atoms with E-state index >= 15 is 0 Å². The minimum atomic E-state index is -0.951. The van der Waals surface area contributed by atoms with Crippen LogP contribution >= 0.6 is 0 Å². The Morgan fingerprint density at radius 2 is 2.10 bits per heavy atom. The molecule has 0 saturated carbocycles. The van der Waals surface area contributed by atoms with Gasteiger partial charge >= 0.3 is 5.97 Å². The third kappa shape index (κ3) is 3.80. The van der Waals surface area contributed by atoms with Gasteiger partial charge in [0.05, 0.1) is 38.2 Å². The number of aliphatic carboxylic acids is 1. The standard InChI is InChI=1S/C15H16N2O4/c16-6-5-11-1-3-12(4-2-11)15(20)17-7-8-21-10-13(17)9-14(18)19/h1-4,13H,5,7-10H2,(H,18,19). The Morgan fingerprint density at radius 3 is 2.71 bits per heavy atom. The van der Waals surface area contributed by atoms with Crippen molar-refractivity contribution in [2.24, 2.45) is 0 Å². The summed E-state index contributed by atoms with van der Waals surface area (Å²) in [7, 11) is 0. The van der Waals surface area contributed by atoms with Crippen molar-refractivity contribution in [2.75, 3.05) is 19.8 Å². The van der Waals surface area contributed by atoms with Gasteiger partial charge in [-0.3, -0.25) is 9.59 Å². The fourth-order valence-corrected chi connectivity index (χ4v) is 2.32. The first-order valence-corrected chi connectivity index (χ1v) is 6.68. The zero-order valence-electron chi connectivity index (χ0n) is 11.5. The first kappa shape index (κ1) is 15.0. The van der Waals surface area contributed by atoms with Gasteiger partial charge in [0.1, 0.15) is 0 Å². The molecule has 0 spiro atoms. The summed E-state index contributed by atoms with van der Waals surface area (Å²) in [5.74, 6) is -1.15. The largest absolute Gasteiger partial charge is 0.481 e. The maximum atomic E-state index is 12.5. The molecule has 0 bridgehead atoms. The predicted molar refractivity (Wildman–Crippen MR) is 73.7 cm³/mol. The molecule has 1 unspecified atom stereocenters. The average molecular weight is 288 g/mol. The smallest absolute Gasteiger partial charge is 0.305 e. The predicted octanol–water partition coefficient (Wildman–Crippen LogP) is 1.07. The molecular formula is C15H16N2O4. The van der Waals surface area contributed by atoms with Gasteiger partial charge in [0.15, 0.2) is 0 Å². The lowest BCUT2D eigenvalue weighted by Crippen LogP contribution is -2.49. The maximum Gasteiger partial charge on any atom is 0.305 e. The normalized spacial score (nSPS) is 18.0. The first-order valence-electron chi connectivity index (χ1n) is 6.68. The van der Waals surface area contributed by atoms with Gasteiger partial charge in [-0.2, -0.15) is 5.26 Å². The lowest BCUT2D eigenvalue weighted by molar-refractivity contribution is -0.139. The van der Waals surface area contributed by atoms with Crippen LogP contribution in [0.3, 0.4) is 0 Å². The number of nitrogens with zero attached hydrogens (tertiary/aromatic N) is 2. The quantitative estimate of drug-likeness (QED) is 0.894. The van der Waals surface area contributed by atoms with Crippen molar-refractivity contribution in [1.29, 1.82) is 5.26 Å². The van der Waals surface area contributed by atoms with Gasteiger partial charge in [-0.05, 0) is 17.7 Å². The van der Waals surface area contributed by atoms with Gasteiger partial charge in [-0.15, -0.1) is 0 Å². The number of amides is 1. The number of benzene rings is 1. The highest BCUT2D eigenvalue weighted by Gasteiger charge is 2.29. The van der Waals surface area contributed by atoms with Crippen LogP contribution in [0.4, 0.5) is 0 Å². The number of morpholine rings is 1. The number of hydrogen-bond donors (Lipinski definition) is 1. The molecule has 0 aliphatic carbocycles. The molecule has 110 valence electrons. The zero-order valence-corrected chi connectivity index (χ0v) is 11.5. The van der Waals surface area contributed by atoms with Crippen LogP contribution in [-0.4, -0.2) is 47.7 Å². The number of ether oxygens (including phenoxy) is 1. The molecule has 1 N–H and O–H groups in total. The van der Waals surface area contributed by atoms with E-state index in [2.05, 4.69) is 0 Å². The highest BCUT2D eigenvalue weighted by Crippen LogP contribution is 2.16. The van der Waals surface area contributed by atoms with Crippen LogP contribution in [0.1, 0.15) is 22.3 Å². The number of carboxylic acids is 1. The third-order valence-corrected chi connectivity index (χ3v) is 3.38. The fraction of sp³-hybridized carbons (Fsp3) is 0.400. The van der Waals surface area contributed by atoms with Crippen LogP contribution in [-0.2, 0) is 16.0 Å². The second-order valence-corrected chi connectivity index (χ2v) is 4.86. The summed E-state index contributed by atoms with van der Waals surface area (Å²) in [5, 5.41) is 17.5. The van der Waals surface area contributed by atoms with Crippen molar-refractivity contribution in [1.82, 2.24) is 4.90 Å². The lowest BCUT2D eigenvalue weighted by atomic mass is 10.1. The lowest BCUT2D eigenvalue weighted by Gasteiger charge is -2.34. The second kappa shape index (κ2) is 6.86. The van der Waals surface area contributed by atoms with Crippen LogP contribution in [0.25, 0.3) is 0 Å². The van der Waals surface area contributed by atoms with Crippen molar-refractivity contribution in [2.45, 2.75) is 18.9 Å². The van der Waals surface area contributed by atoms with E-state index in [0.717, 1.165) is 5.56 Å². The molecule has 1 atom stereocenters. The third-order valence-electron chi connectivity index (χ3n) is 3.38. The van der Waals surface area contributed by atoms with E-state index in [1.807, 2.05) is 6.07 Å². The summed E-state index contributed by atoms with van der Waals surface area (Å²) in [6, 6.07) is 8.42. The second-order valence-electron chi connectivity index (χ2n) is 4.86. The molecule has 0 radical (unpaired) electrons. The van der Waals surface area contributed by atoms with Crippen LogP contribution in [0, 0.1) is 11.3 Å². The number of carboxylic acid groups (broad SMARTS) is 1. The van der Waals surface area contributed by atoms with Crippen LogP contribution in [0.2, 0.25) is 0 Å². The summed E-state index contributed by atoms with van der Waals surface area (Å²) in [4.78, 5) is 24.9. The summed E-state index contributed by atoms with van der Waals surface area (Å²) < 4.78 is 5.26. The zero-order chi connectivity index (χ0) is 15.2. The molecule has 1 amide bonds. The van der Waals surface area contributed by atoms with Crippen molar-refractivity contribution in [3.8, 4) is 6.07 Å². The molecule has 1 aliphatic rings. The summed E-state index contributed by atoms with van der Waals surface area (Å²) in [6.07, 6.45) is 0.173. The monoisotopic (exact) mass is 288 g/mol. The molecule has 21 heavy (non-hydrogen) atoms. The van der Waals surface area contributed by atoms with Crippen molar-refractivity contribution >= 4 is 11.9 Å². The number of nitriles is 1. The average Bonchev–Trinajstić information content (AvgIpc) is 2.48. The molecule has 1 saturated heterocycles. The molecule has 1 aromatic carbocycles. The highest BCUT2D eigenvalue weighted by atomic mass is 16.5. The van der Waals surface area contributed by atoms with E-state index in [9.17, 15) is 9.59 Å². The van der Waals surface area contributed by atoms with Crippen molar-refractivity contribution in [3.63, 3.8) is 0 Å². The van der Waals surface area contributed by atoms with Gasteiger partial charge in [0.25, 0.3) is 5.91 Å². The van der Waals surface area contributed by atoms with Gasteiger partial charge in [0.2, 0.25) is 0 Å². The summed E-state index contributed by atoms with van der Waals surface area (Å²) >= 11 is 0. The molecule has 2 rings (SSSR count). The van der Waals surface area contributed by atoms with E-state index in [0.29, 0.717) is 25.1 Å². The van der Waals surface area contributed by atoms with E-state index < -0.39 is 12.0 Å². The Bertz CT molecular complexity index is 562. The Kier molecular flexibility index (Phi) is 4.90. The van der Waals surface area contributed by atoms with E-state index in [4.69, 9.17) is 15.1 Å². The fourth-order valence-electron chi connectivity index (χ4n) is 2.32. The minimum absolute atomic E-state index is 0.127. The molecule has 6 heteroatoms. The van der Waals surface area contributed by atoms with Crippen molar-refractivity contribution < 1.29 is 19.4 Å². The molecule has 0 aromatic heterocycles. The van der Waals surface area contributed by atoms with E-state index in [1.54, 1.807) is 29.2 Å². The van der Waals surface area contributed by atoms with Crippen LogP contribution in [0.5, 0.6) is 0 Å². The van der Waals surface area contributed by atoms with Gasteiger partial charge < -0.3 is 14.7 Å². The molecule has 1 aliphatic heterocycles. The highest BCUT2D eigenvalue weighted by molar-refractivity contribution is 5.94. The van der Waals surface area contributed by atoms with Crippen LogP contribution in [0.15, 0.2) is 24.3 Å². The van der Waals surface area contributed by atoms with Crippen molar-refractivity contribution in [3.05, 3.63) is 35.4 Å². The molecule has 6 nitrogen and oxygen atoms in total. The summed E-state index contributed by atoms with van der Waals surface area (Å²) in [6.45, 7) is 1.04. The molecule has 1 heterocycles. The molecule has 1 fully saturated rings. The van der Waals surface area contributed by atoms with Gasteiger partial charge in [-0.1, -0.05) is 12.1 Å². The number of carbonyl (C=O) groups excluding carboxylic acids is 1. The van der Waals surface area contributed by atoms with E-state index in [1.165, 1.54) is 0 Å². The Labute approximate surface area is 122 Å². The number of rotatable bonds is 4. The Morgan fingerprint density at radius 1 is 1.38 bits per heavy atom. The first-order chi connectivity index (χ1) is 10.1. The SMILES string of the molecule is N#CCc1ccc(C(=O)N2CCOCC2CC(=O)O)cc1. The number of hydrogen-bond acceptors (Lipinski definition) is 4. The van der Waals surface area contributed by atoms with E-state index in [-0.39, 0.29) is 18.9 Å². The Hall–Kier alpha value is -2.39. The van der Waals surface area contributed by atoms with Crippen LogP contribution < -0.4 is 0 Å². The topological polar surface area (TPSA) is 90.6 Å². The maximum absolute atomic E-state index is 12.5. The molecular weight excluding hydrogens is 272 g/mol.